The molecule has 0 aliphatic heterocycles. The molecule has 1 aromatic rings. The summed E-state index contributed by atoms with van der Waals surface area (Å²) < 4.78 is 0. The first kappa shape index (κ1) is 10.9. The van der Waals surface area contributed by atoms with E-state index < -0.39 is 0 Å². The third-order valence-electron chi connectivity index (χ3n) is 2.21. The summed E-state index contributed by atoms with van der Waals surface area (Å²) in [5, 5.41) is 0. The molecule has 1 rings (SSSR count). The molecule has 1 heterocycles. The van der Waals surface area contributed by atoms with Gasteiger partial charge < -0.3 is 0 Å². The van der Waals surface area contributed by atoms with Crippen molar-refractivity contribution in [2.75, 3.05) is 19.6 Å². The van der Waals surface area contributed by atoms with Crippen LogP contribution in [0.1, 0.15) is 24.3 Å². The molecular weight excluding hydrogens is 176 g/mol. The minimum atomic E-state index is 0.0919. The summed E-state index contributed by atoms with van der Waals surface area (Å²) in [6.45, 7) is 6.36. The highest BCUT2D eigenvalue weighted by molar-refractivity contribution is 5.95. The fourth-order valence-corrected chi connectivity index (χ4v) is 1.26. The van der Waals surface area contributed by atoms with Crippen molar-refractivity contribution in [1.29, 1.82) is 0 Å². The Labute approximate surface area is 84.8 Å². The Morgan fingerprint density at radius 3 is 2.57 bits per heavy atom. The summed E-state index contributed by atoms with van der Waals surface area (Å²) in [6.07, 6.45) is 1.65. The maximum atomic E-state index is 11.7. The van der Waals surface area contributed by atoms with Gasteiger partial charge in [-0.2, -0.15) is 0 Å². The van der Waals surface area contributed by atoms with Crippen molar-refractivity contribution in [3.63, 3.8) is 0 Å². The lowest BCUT2D eigenvalue weighted by atomic mass is 10.2. The molecule has 3 heteroatoms. The molecular formula is C11H16N2O. The maximum Gasteiger partial charge on any atom is 0.195 e. The van der Waals surface area contributed by atoms with Crippen molar-refractivity contribution in [1.82, 2.24) is 9.88 Å². The Hall–Kier alpha value is -1.22. The minimum absolute atomic E-state index is 0.0919. The first-order valence-corrected chi connectivity index (χ1v) is 4.94. The number of aromatic nitrogens is 1. The van der Waals surface area contributed by atoms with Crippen LogP contribution in [0.15, 0.2) is 24.4 Å². The molecule has 0 saturated heterocycles. The van der Waals surface area contributed by atoms with Crippen LogP contribution in [0.25, 0.3) is 0 Å². The number of Topliss-reactive ketones (excluding diaryl/α,β-unsaturated/α-hetero) is 1. The summed E-state index contributed by atoms with van der Waals surface area (Å²) in [7, 11) is 0. The van der Waals surface area contributed by atoms with Gasteiger partial charge >= 0.3 is 0 Å². The van der Waals surface area contributed by atoms with Crippen LogP contribution in [-0.2, 0) is 0 Å². The fourth-order valence-electron chi connectivity index (χ4n) is 1.26. The van der Waals surface area contributed by atoms with Gasteiger partial charge in [0, 0.05) is 6.20 Å². The van der Waals surface area contributed by atoms with Crippen LogP contribution in [0.3, 0.4) is 0 Å². The fraction of sp³-hybridized carbons (Fsp3) is 0.455. The van der Waals surface area contributed by atoms with E-state index in [2.05, 4.69) is 23.7 Å². The van der Waals surface area contributed by atoms with Gasteiger partial charge in [-0.1, -0.05) is 19.9 Å². The van der Waals surface area contributed by atoms with Gasteiger partial charge in [0.1, 0.15) is 5.69 Å². The second-order valence-electron chi connectivity index (χ2n) is 3.10. The predicted octanol–water partition coefficient (Wildman–Crippen LogP) is 1.61. The summed E-state index contributed by atoms with van der Waals surface area (Å²) >= 11 is 0. The number of carbonyl (C=O) groups is 1. The van der Waals surface area contributed by atoms with Gasteiger partial charge in [-0.3, -0.25) is 14.7 Å². The molecule has 0 fully saturated rings. The molecule has 0 spiro atoms. The first-order chi connectivity index (χ1) is 6.77. The zero-order valence-corrected chi connectivity index (χ0v) is 8.73. The third-order valence-corrected chi connectivity index (χ3v) is 2.21. The van der Waals surface area contributed by atoms with Crippen LogP contribution in [0, 0.1) is 0 Å². The van der Waals surface area contributed by atoms with Gasteiger partial charge in [-0.15, -0.1) is 0 Å². The molecule has 0 unspecified atom stereocenters. The number of nitrogens with zero attached hydrogens (tertiary/aromatic N) is 2. The van der Waals surface area contributed by atoms with E-state index in [9.17, 15) is 4.79 Å². The van der Waals surface area contributed by atoms with E-state index in [1.165, 1.54) is 0 Å². The molecule has 0 bridgehead atoms. The molecule has 0 atom stereocenters. The van der Waals surface area contributed by atoms with E-state index >= 15 is 0 Å². The van der Waals surface area contributed by atoms with Gasteiger partial charge in [0.25, 0.3) is 0 Å². The first-order valence-electron chi connectivity index (χ1n) is 4.94. The topological polar surface area (TPSA) is 33.2 Å². The van der Waals surface area contributed by atoms with Crippen LogP contribution >= 0.6 is 0 Å². The van der Waals surface area contributed by atoms with Crippen molar-refractivity contribution in [3.05, 3.63) is 30.1 Å². The second-order valence-corrected chi connectivity index (χ2v) is 3.10. The highest BCUT2D eigenvalue weighted by Gasteiger charge is 2.09. The van der Waals surface area contributed by atoms with Gasteiger partial charge in [0.2, 0.25) is 0 Å². The van der Waals surface area contributed by atoms with Gasteiger partial charge in [-0.05, 0) is 25.2 Å². The van der Waals surface area contributed by atoms with Gasteiger partial charge in [0.15, 0.2) is 5.78 Å². The lowest BCUT2D eigenvalue weighted by Gasteiger charge is -2.16. The van der Waals surface area contributed by atoms with E-state index in [0.717, 1.165) is 13.1 Å². The van der Waals surface area contributed by atoms with Crippen molar-refractivity contribution in [2.45, 2.75) is 13.8 Å². The summed E-state index contributed by atoms with van der Waals surface area (Å²) in [5.74, 6) is 0.0919. The molecule has 0 saturated carbocycles. The summed E-state index contributed by atoms with van der Waals surface area (Å²) in [5.41, 5.74) is 0.555. The highest BCUT2D eigenvalue weighted by Crippen LogP contribution is 1.97. The van der Waals surface area contributed by atoms with Crippen LogP contribution in [0.5, 0.6) is 0 Å². The van der Waals surface area contributed by atoms with E-state index in [1.807, 2.05) is 12.1 Å². The molecule has 3 nitrogen and oxygen atoms in total. The zero-order chi connectivity index (χ0) is 10.4. The molecule has 0 N–H and O–H groups in total. The molecule has 76 valence electrons. The van der Waals surface area contributed by atoms with Crippen LogP contribution in [0.4, 0.5) is 0 Å². The predicted molar refractivity (Wildman–Crippen MR) is 56.4 cm³/mol. The third kappa shape index (κ3) is 2.92. The number of pyridine rings is 1. The van der Waals surface area contributed by atoms with E-state index in [1.54, 1.807) is 12.3 Å². The number of likely N-dealkylation sites (N-methyl/N-ethyl adjacent to an activating group) is 1. The molecule has 0 amide bonds. The van der Waals surface area contributed by atoms with Crippen molar-refractivity contribution in [2.24, 2.45) is 0 Å². The number of ketones is 1. The summed E-state index contributed by atoms with van der Waals surface area (Å²) in [6, 6.07) is 5.41. The lowest BCUT2D eigenvalue weighted by molar-refractivity contribution is 0.0932. The average molecular weight is 192 g/mol. The maximum absolute atomic E-state index is 11.7. The average Bonchev–Trinajstić information content (AvgIpc) is 2.26. The molecule has 0 aromatic carbocycles. The monoisotopic (exact) mass is 192 g/mol. The van der Waals surface area contributed by atoms with Crippen LogP contribution in [0.2, 0.25) is 0 Å². The minimum Gasteiger partial charge on any atom is -0.296 e. The Bertz CT molecular complexity index is 281. The highest BCUT2D eigenvalue weighted by atomic mass is 16.1. The molecule has 0 radical (unpaired) electrons. The molecule has 14 heavy (non-hydrogen) atoms. The van der Waals surface area contributed by atoms with Gasteiger partial charge in [-0.25, -0.2) is 0 Å². The number of hydrogen-bond donors (Lipinski definition) is 0. The van der Waals surface area contributed by atoms with E-state index in [-0.39, 0.29) is 5.78 Å². The van der Waals surface area contributed by atoms with Gasteiger partial charge in [0.05, 0.1) is 6.54 Å². The Balaban J connectivity index is 2.59. The van der Waals surface area contributed by atoms with Crippen molar-refractivity contribution in [3.8, 4) is 0 Å². The Morgan fingerprint density at radius 2 is 2.07 bits per heavy atom. The molecule has 0 aliphatic carbocycles. The van der Waals surface area contributed by atoms with Crippen molar-refractivity contribution >= 4 is 5.78 Å². The Morgan fingerprint density at radius 1 is 1.36 bits per heavy atom. The van der Waals surface area contributed by atoms with Crippen LogP contribution in [-0.4, -0.2) is 35.3 Å². The zero-order valence-electron chi connectivity index (χ0n) is 8.73. The standard InChI is InChI=1S/C11H16N2O/c1-3-13(4-2)9-11(14)10-7-5-6-8-12-10/h5-8H,3-4,9H2,1-2H3. The van der Waals surface area contributed by atoms with E-state index in [0.29, 0.717) is 12.2 Å². The van der Waals surface area contributed by atoms with Crippen LogP contribution < -0.4 is 0 Å². The number of hydrogen-bond acceptors (Lipinski definition) is 3. The van der Waals surface area contributed by atoms with E-state index in [4.69, 9.17) is 0 Å². The largest absolute Gasteiger partial charge is 0.296 e. The lowest BCUT2D eigenvalue weighted by Crippen LogP contribution is -2.29. The SMILES string of the molecule is CCN(CC)CC(=O)c1ccccn1. The second kappa shape index (κ2) is 5.50. The smallest absolute Gasteiger partial charge is 0.195 e. The number of rotatable bonds is 5. The summed E-state index contributed by atoms with van der Waals surface area (Å²) in [4.78, 5) is 17.8. The van der Waals surface area contributed by atoms with Crippen molar-refractivity contribution < 1.29 is 4.79 Å². The quantitative estimate of drug-likeness (QED) is 0.664. The Kier molecular flexibility index (Phi) is 4.26. The molecule has 0 aliphatic rings. The number of carbonyl (C=O) groups excluding carboxylic acids is 1. The normalized spacial score (nSPS) is 10.5. The molecule has 1 aromatic heterocycles.